The lowest BCUT2D eigenvalue weighted by Crippen LogP contribution is -2.11. The quantitative estimate of drug-likeness (QED) is 0.450. The van der Waals surface area contributed by atoms with Crippen LogP contribution >= 0.6 is 0 Å². The van der Waals surface area contributed by atoms with Crippen molar-refractivity contribution >= 4 is 5.97 Å². The van der Waals surface area contributed by atoms with E-state index in [2.05, 4.69) is 13.8 Å². The molecule has 0 aliphatic carbocycles. The molecule has 0 aromatic rings. The molecule has 0 aliphatic rings. The molecule has 0 aromatic heterocycles. The molecule has 0 saturated carbocycles. The molecule has 0 rings (SSSR count). The highest BCUT2D eigenvalue weighted by atomic mass is 16.5. The lowest BCUT2D eigenvalue weighted by molar-refractivity contribution is -0.146. The third kappa shape index (κ3) is 9.38. The first-order valence-corrected chi connectivity index (χ1v) is 5.19. The van der Waals surface area contributed by atoms with Crippen molar-refractivity contribution < 1.29 is 9.53 Å². The van der Waals surface area contributed by atoms with Gasteiger partial charge in [0.1, 0.15) is 0 Å². The molecule has 1 atom stereocenters. The molecule has 0 aromatic carbocycles. The molecule has 13 heavy (non-hydrogen) atoms. The fourth-order valence-electron chi connectivity index (χ4n) is 1.16. The lowest BCUT2D eigenvalue weighted by Gasteiger charge is -2.06. The first kappa shape index (κ1) is 12.5. The first-order valence-electron chi connectivity index (χ1n) is 5.19. The summed E-state index contributed by atoms with van der Waals surface area (Å²) in [5.74, 6) is -0.112. The maximum absolute atomic E-state index is 11.0. The van der Waals surface area contributed by atoms with Crippen LogP contribution in [0.1, 0.15) is 52.4 Å². The van der Waals surface area contributed by atoms with E-state index < -0.39 is 0 Å². The summed E-state index contributed by atoms with van der Waals surface area (Å²) >= 11 is 0. The van der Waals surface area contributed by atoms with Gasteiger partial charge in [0.05, 0.1) is 6.10 Å². The van der Waals surface area contributed by atoms with Gasteiger partial charge in [-0.3, -0.25) is 4.79 Å². The number of esters is 1. The topological polar surface area (TPSA) is 26.3 Å². The minimum atomic E-state index is -0.219. The predicted molar refractivity (Wildman–Crippen MR) is 54.3 cm³/mol. The van der Waals surface area contributed by atoms with Crippen LogP contribution in [-0.4, -0.2) is 12.1 Å². The van der Waals surface area contributed by atoms with Crippen molar-refractivity contribution in [1.29, 1.82) is 0 Å². The minimum absolute atomic E-state index is 0.112. The van der Waals surface area contributed by atoms with E-state index in [1.165, 1.54) is 19.3 Å². The van der Waals surface area contributed by atoms with Crippen LogP contribution in [0.5, 0.6) is 0 Å². The van der Waals surface area contributed by atoms with Gasteiger partial charge < -0.3 is 4.74 Å². The standard InChI is InChI=1S/C11H21O2/c1-4-5-6-7-8-9-11(12)13-10(2)3/h10H,2,4-9H2,1,3H3. The Balaban J connectivity index is 3.17. The molecule has 0 bridgehead atoms. The molecule has 2 nitrogen and oxygen atoms in total. The van der Waals surface area contributed by atoms with E-state index in [-0.39, 0.29) is 12.1 Å². The van der Waals surface area contributed by atoms with E-state index in [0.29, 0.717) is 6.42 Å². The molecule has 1 unspecified atom stereocenters. The zero-order chi connectivity index (χ0) is 10.1. The van der Waals surface area contributed by atoms with Gasteiger partial charge in [0.2, 0.25) is 0 Å². The van der Waals surface area contributed by atoms with Gasteiger partial charge in [0.15, 0.2) is 0 Å². The van der Waals surface area contributed by atoms with Gasteiger partial charge in [-0.15, -0.1) is 0 Å². The normalized spacial score (nSPS) is 10.5. The van der Waals surface area contributed by atoms with Crippen LogP contribution in [0, 0.1) is 6.92 Å². The minimum Gasteiger partial charge on any atom is -0.463 e. The highest BCUT2D eigenvalue weighted by molar-refractivity contribution is 5.69. The summed E-state index contributed by atoms with van der Waals surface area (Å²) in [6.07, 6.45) is 6.14. The number of rotatable bonds is 7. The molecule has 0 spiro atoms. The number of carbonyl (C=O) groups excluding carboxylic acids is 1. The summed E-state index contributed by atoms with van der Waals surface area (Å²) in [5.41, 5.74) is 0. The predicted octanol–water partition coefficient (Wildman–Crippen LogP) is 3.11. The molecule has 0 heterocycles. The fourth-order valence-corrected chi connectivity index (χ4v) is 1.16. The summed E-state index contributed by atoms with van der Waals surface area (Å²) in [6, 6.07) is 0. The monoisotopic (exact) mass is 185 g/mol. The molecule has 1 radical (unpaired) electrons. The molecule has 77 valence electrons. The van der Waals surface area contributed by atoms with E-state index in [9.17, 15) is 4.79 Å². The van der Waals surface area contributed by atoms with Crippen molar-refractivity contribution in [2.24, 2.45) is 0 Å². The Bertz CT molecular complexity index is 130. The summed E-state index contributed by atoms with van der Waals surface area (Å²) < 4.78 is 4.91. The smallest absolute Gasteiger partial charge is 0.306 e. The van der Waals surface area contributed by atoms with Crippen LogP contribution in [0.4, 0.5) is 0 Å². The maximum Gasteiger partial charge on any atom is 0.306 e. The van der Waals surface area contributed by atoms with E-state index in [1.807, 2.05) is 0 Å². The summed E-state index contributed by atoms with van der Waals surface area (Å²) in [7, 11) is 0. The van der Waals surface area contributed by atoms with Crippen LogP contribution < -0.4 is 0 Å². The molecule has 0 fully saturated rings. The van der Waals surface area contributed by atoms with E-state index in [0.717, 1.165) is 12.8 Å². The van der Waals surface area contributed by atoms with Gasteiger partial charge in [-0.1, -0.05) is 32.6 Å². The molecule has 0 aliphatic heterocycles. The van der Waals surface area contributed by atoms with Crippen LogP contribution in [0.15, 0.2) is 0 Å². The summed E-state index contributed by atoms with van der Waals surface area (Å²) in [6.45, 7) is 7.55. The van der Waals surface area contributed by atoms with Gasteiger partial charge in [-0.25, -0.2) is 0 Å². The van der Waals surface area contributed by atoms with E-state index in [1.54, 1.807) is 6.92 Å². The van der Waals surface area contributed by atoms with Crippen LogP contribution in [0.3, 0.4) is 0 Å². The largest absolute Gasteiger partial charge is 0.463 e. The van der Waals surface area contributed by atoms with Gasteiger partial charge in [-0.05, 0) is 20.3 Å². The summed E-state index contributed by atoms with van der Waals surface area (Å²) in [5, 5.41) is 0. The van der Waals surface area contributed by atoms with Crippen molar-refractivity contribution in [3.8, 4) is 0 Å². The Labute approximate surface area is 81.7 Å². The van der Waals surface area contributed by atoms with Gasteiger partial charge in [0, 0.05) is 6.42 Å². The Morgan fingerprint density at radius 3 is 2.46 bits per heavy atom. The van der Waals surface area contributed by atoms with E-state index in [4.69, 9.17) is 4.74 Å². The second-order valence-corrected chi connectivity index (χ2v) is 3.46. The highest BCUT2D eigenvalue weighted by Gasteiger charge is 2.03. The first-order chi connectivity index (χ1) is 6.16. The Morgan fingerprint density at radius 2 is 1.92 bits per heavy atom. The SMILES string of the molecule is [CH2]C(C)OC(=O)CCCCCCC. The van der Waals surface area contributed by atoms with Gasteiger partial charge >= 0.3 is 5.97 Å². The number of hydrogen-bond acceptors (Lipinski definition) is 2. The Morgan fingerprint density at radius 1 is 1.31 bits per heavy atom. The average Bonchev–Trinajstić information content (AvgIpc) is 2.02. The number of ether oxygens (including phenoxy) is 1. The second-order valence-electron chi connectivity index (χ2n) is 3.46. The zero-order valence-electron chi connectivity index (χ0n) is 8.84. The van der Waals surface area contributed by atoms with Crippen molar-refractivity contribution in [2.75, 3.05) is 0 Å². The molecule has 0 N–H and O–H groups in total. The fraction of sp³-hybridized carbons (Fsp3) is 0.818. The number of hydrogen-bond donors (Lipinski definition) is 0. The zero-order valence-corrected chi connectivity index (χ0v) is 8.84. The Kier molecular flexibility index (Phi) is 7.76. The lowest BCUT2D eigenvalue weighted by atomic mass is 10.1. The van der Waals surface area contributed by atoms with Crippen LogP contribution in [-0.2, 0) is 9.53 Å². The van der Waals surface area contributed by atoms with Crippen molar-refractivity contribution in [2.45, 2.75) is 58.5 Å². The Hall–Kier alpha value is -0.530. The summed E-state index contributed by atoms with van der Waals surface area (Å²) in [4.78, 5) is 11.0. The van der Waals surface area contributed by atoms with Crippen molar-refractivity contribution in [1.82, 2.24) is 0 Å². The highest BCUT2D eigenvalue weighted by Crippen LogP contribution is 2.06. The molecule has 0 amide bonds. The molecular formula is C11H21O2. The van der Waals surface area contributed by atoms with Crippen LogP contribution in [0.25, 0.3) is 0 Å². The van der Waals surface area contributed by atoms with E-state index >= 15 is 0 Å². The maximum atomic E-state index is 11.0. The van der Waals surface area contributed by atoms with Gasteiger partial charge in [-0.2, -0.15) is 0 Å². The van der Waals surface area contributed by atoms with Crippen LogP contribution in [0.2, 0.25) is 0 Å². The third-order valence-corrected chi connectivity index (χ3v) is 1.82. The second kappa shape index (κ2) is 8.09. The third-order valence-electron chi connectivity index (χ3n) is 1.82. The molecule has 2 heteroatoms. The average molecular weight is 185 g/mol. The van der Waals surface area contributed by atoms with Crippen molar-refractivity contribution in [3.63, 3.8) is 0 Å². The number of carbonyl (C=O) groups is 1. The molecule has 0 saturated heterocycles. The van der Waals surface area contributed by atoms with Crippen molar-refractivity contribution in [3.05, 3.63) is 6.92 Å². The molecular weight excluding hydrogens is 164 g/mol. The van der Waals surface area contributed by atoms with Gasteiger partial charge in [0.25, 0.3) is 0 Å². The number of unbranched alkanes of at least 4 members (excludes halogenated alkanes) is 4.